The van der Waals surface area contributed by atoms with Crippen molar-refractivity contribution >= 4 is 35.0 Å². The first-order chi connectivity index (χ1) is 11.0. The molecule has 0 unspecified atom stereocenters. The van der Waals surface area contributed by atoms with Gasteiger partial charge in [0.1, 0.15) is 0 Å². The van der Waals surface area contributed by atoms with Crippen molar-refractivity contribution in [1.82, 2.24) is 15.8 Å². The van der Waals surface area contributed by atoms with Gasteiger partial charge in [-0.05, 0) is 36.0 Å². The first-order valence-corrected chi connectivity index (χ1v) is 7.32. The number of carbonyl (C=O) groups excluding carboxylic acids is 1. The molecule has 0 saturated carbocycles. The molecule has 1 aliphatic rings. The number of ether oxygens (including phenoxy) is 1. The maximum absolute atomic E-state index is 11.8. The van der Waals surface area contributed by atoms with E-state index in [0.29, 0.717) is 31.9 Å². The Hall–Kier alpha value is -2.36. The molecule has 1 aromatic rings. The van der Waals surface area contributed by atoms with E-state index in [2.05, 4.69) is 10.7 Å². The van der Waals surface area contributed by atoms with Crippen LogP contribution in [-0.4, -0.2) is 47.3 Å². The van der Waals surface area contributed by atoms with Crippen LogP contribution in [0.4, 0.5) is 5.69 Å². The Morgan fingerprint density at radius 3 is 2.57 bits per heavy atom. The van der Waals surface area contributed by atoms with E-state index in [1.807, 2.05) is 5.01 Å². The Bertz CT molecular complexity index is 612. The Balaban J connectivity index is 1.81. The number of morpholine rings is 1. The second-order valence-corrected chi connectivity index (χ2v) is 5.12. The molecule has 0 atom stereocenters. The number of nitrogens with one attached hydrogen (secondary N) is 2. The summed E-state index contributed by atoms with van der Waals surface area (Å²) in [5.41, 5.74) is 3.59. The fourth-order valence-corrected chi connectivity index (χ4v) is 2.11. The van der Waals surface area contributed by atoms with Crippen LogP contribution < -0.4 is 10.7 Å². The molecular formula is C14H16N4O4S. The first kappa shape index (κ1) is 17.0. The van der Waals surface area contributed by atoms with Gasteiger partial charge < -0.3 is 4.74 Å². The summed E-state index contributed by atoms with van der Waals surface area (Å²) in [6, 6.07) is 5.88. The molecule has 2 N–H and O–H groups in total. The molecule has 1 aromatic carbocycles. The van der Waals surface area contributed by atoms with E-state index < -0.39 is 4.92 Å². The average molecular weight is 336 g/mol. The van der Waals surface area contributed by atoms with Crippen LogP contribution in [0.25, 0.3) is 6.08 Å². The van der Waals surface area contributed by atoms with E-state index in [4.69, 9.17) is 17.0 Å². The zero-order valence-electron chi connectivity index (χ0n) is 12.2. The second-order valence-electron chi connectivity index (χ2n) is 4.71. The van der Waals surface area contributed by atoms with Gasteiger partial charge in [-0.15, -0.1) is 0 Å². The van der Waals surface area contributed by atoms with Crippen molar-refractivity contribution in [3.8, 4) is 0 Å². The number of rotatable bonds is 4. The molecule has 8 nitrogen and oxygen atoms in total. The van der Waals surface area contributed by atoms with Gasteiger partial charge in [0.25, 0.3) is 5.69 Å². The molecule has 0 aromatic heterocycles. The Morgan fingerprint density at radius 1 is 1.30 bits per heavy atom. The Labute approximate surface area is 138 Å². The van der Waals surface area contributed by atoms with E-state index in [0.717, 1.165) is 0 Å². The highest BCUT2D eigenvalue weighted by molar-refractivity contribution is 7.80. The highest BCUT2D eigenvalue weighted by Gasteiger charge is 2.11. The van der Waals surface area contributed by atoms with Gasteiger partial charge in [-0.25, -0.2) is 5.01 Å². The molecule has 23 heavy (non-hydrogen) atoms. The van der Waals surface area contributed by atoms with Crippen LogP contribution >= 0.6 is 12.2 Å². The molecule has 0 spiro atoms. The van der Waals surface area contributed by atoms with Gasteiger partial charge in [-0.2, -0.15) is 0 Å². The molecule has 0 radical (unpaired) electrons. The number of nitro benzene ring substituents is 1. The smallest absolute Gasteiger partial charge is 0.269 e. The lowest BCUT2D eigenvalue weighted by Crippen LogP contribution is -2.52. The zero-order chi connectivity index (χ0) is 16.7. The minimum atomic E-state index is -0.476. The molecule has 1 amide bonds. The fourth-order valence-electron chi connectivity index (χ4n) is 1.88. The summed E-state index contributed by atoms with van der Waals surface area (Å²) in [6.07, 6.45) is 2.87. The molecular weight excluding hydrogens is 320 g/mol. The van der Waals surface area contributed by atoms with E-state index in [1.54, 1.807) is 18.2 Å². The van der Waals surface area contributed by atoms with Crippen LogP contribution in [0.15, 0.2) is 30.3 Å². The van der Waals surface area contributed by atoms with Crippen LogP contribution in [0.5, 0.6) is 0 Å². The Kier molecular flexibility index (Phi) is 6.15. The molecule has 1 fully saturated rings. The normalized spacial score (nSPS) is 15.3. The van der Waals surface area contributed by atoms with Crippen molar-refractivity contribution in [2.75, 3.05) is 26.3 Å². The van der Waals surface area contributed by atoms with Crippen LogP contribution in [0.3, 0.4) is 0 Å². The van der Waals surface area contributed by atoms with Crippen molar-refractivity contribution < 1.29 is 14.5 Å². The zero-order valence-corrected chi connectivity index (χ0v) is 13.0. The molecule has 1 heterocycles. The lowest BCUT2D eigenvalue weighted by molar-refractivity contribution is -0.384. The van der Waals surface area contributed by atoms with Crippen LogP contribution in [0.1, 0.15) is 5.56 Å². The number of benzene rings is 1. The fraction of sp³-hybridized carbons (Fsp3) is 0.286. The number of thiocarbonyl (C=S) groups is 1. The number of nitrogens with zero attached hydrogens (tertiary/aromatic N) is 2. The van der Waals surface area contributed by atoms with Gasteiger partial charge in [-0.3, -0.25) is 25.7 Å². The first-order valence-electron chi connectivity index (χ1n) is 6.91. The minimum Gasteiger partial charge on any atom is -0.379 e. The maximum Gasteiger partial charge on any atom is 0.269 e. The number of amides is 1. The Morgan fingerprint density at radius 2 is 1.96 bits per heavy atom. The molecule has 0 aliphatic carbocycles. The highest BCUT2D eigenvalue weighted by Crippen LogP contribution is 2.12. The van der Waals surface area contributed by atoms with Gasteiger partial charge in [0, 0.05) is 31.3 Å². The third-order valence-electron chi connectivity index (χ3n) is 3.04. The summed E-state index contributed by atoms with van der Waals surface area (Å²) in [5.74, 6) is -0.380. The summed E-state index contributed by atoms with van der Waals surface area (Å²) >= 11 is 5.05. The predicted molar refractivity (Wildman–Crippen MR) is 88.4 cm³/mol. The number of hydrogen-bond donors (Lipinski definition) is 2. The molecule has 0 bridgehead atoms. The average Bonchev–Trinajstić information content (AvgIpc) is 2.54. The third kappa shape index (κ3) is 5.74. The van der Waals surface area contributed by atoms with Crippen LogP contribution in [0, 0.1) is 10.1 Å². The summed E-state index contributed by atoms with van der Waals surface area (Å²) < 4.78 is 5.21. The summed E-state index contributed by atoms with van der Waals surface area (Å²) in [5, 5.41) is 15.2. The van der Waals surface area contributed by atoms with Crippen molar-refractivity contribution in [1.29, 1.82) is 0 Å². The number of nitro groups is 1. The van der Waals surface area contributed by atoms with Crippen molar-refractivity contribution in [2.24, 2.45) is 0 Å². The minimum absolute atomic E-state index is 0.00231. The standard InChI is InChI=1S/C14H16N4O4S/c19-13(15-14(23)16-17-7-9-22-10-8-17)6-3-11-1-4-12(5-2-11)18(20)21/h1-6H,7-10H2,(H2,15,16,19,23). The van der Waals surface area contributed by atoms with Crippen LogP contribution in [0.2, 0.25) is 0 Å². The monoisotopic (exact) mass is 336 g/mol. The maximum atomic E-state index is 11.8. The quantitative estimate of drug-likeness (QED) is 0.364. The SMILES string of the molecule is O=C(C=Cc1ccc([N+](=O)[O-])cc1)NC(=S)NN1CCOCC1. The van der Waals surface area contributed by atoms with E-state index >= 15 is 0 Å². The topological polar surface area (TPSA) is 96.7 Å². The van der Waals surface area contributed by atoms with Gasteiger partial charge in [-0.1, -0.05) is 0 Å². The number of carbonyl (C=O) groups is 1. The largest absolute Gasteiger partial charge is 0.379 e. The molecule has 9 heteroatoms. The van der Waals surface area contributed by atoms with Crippen molar-refractivity contribution in [3.05, 3.63) is 46.0 Å². The third-order valence-corrected chi connectivity index (χ3v) is 3.23. The van der Waals surface area contributed by atoms with Gasteiger partial charge in [0.2, 0.25) is 5.91 Å². The van der Waals surface area contributed by atoms with E-state index in [9.17, 15) is 14.9 Å². The molecule has 2 rings (SSSR count). The predicted octanol–water partition coefficient (Wildman–Crippen LogP) is 0.846. The molecule has 1 saturated heterocycles. The van der Waals surface area contributed by atoms with E-state index in [-0.39, 0.29) is 16.7 Å². The summed E-state index contributed by atoms with van der Waals surface area (Å²) in [6.45, 7) is 2.61. The van der Waals surface area contributed by atoms with Crippen LogP contribution in [-0.2, 0) is 9.53 Å². The highest BCUT2D eigenvalue weighted by atomic mass is 32.1. The van der Waals surface area contributed by atoms with Gasteiger partial charge >= 0.3 is 0 Å². The number of hydrazine groups is 1. The van der Waals surface area contributed by atoms with Gasteiger partial charge in [0.05, 0.1) is 18.1 Å². The van der Waals surface area contributed by atoms with Crippen molar-refractivity contribution in [3.63, 3.8) is 0 Å². The van der Waals surface area contributed by atoms with Crippen molar-refractivity contribution in [2.45, 2.75) is 0 Å². The van der Waals surface area contributed by atoms with E-state index in [1.165, 1.54) is 18.2 Å². The number of non-ortho nitro benzene ring substituents is 1. The summed E-state index contributed by atoms with van der Waals surface area (Å²) in [7, 11) is 0. The number of hydrogen-bond acceptors (Lipinski definition) is 6. The summed E-state index contributed by atoms with van der Waals surface area (Å²) in [4.78, 5) is 21.8. The lowest BCUT2D eigenvalue weighted by atomic mass is 10.2. The molecule has 1 aliphatic heterocycles. The second kappa shape index (κ2) is 8.32. The molecule has 122 valence electrons. The lowest BCUT2D eigenvalue weighted by Gasteiger charge is -2.27. The van der Waals surface area contributed by atoms with Gasteiger partial charge in [0.15, 0.2) is 5.11 Å².